The van der Waals surface area contributed by atoms with Gasteiger partial charge >= 0.3 is 5.97 Å². The molecule has 15 heavy (non-hydrogen) atoms. The average Bonchev–Trinajstić information content (AvgIpc) is 2.16. The van der Waals surface area contributed by atoms with Gasteiger partial charge in [0.1, 0.15) is 6.67 Å². The van der Waals surface area contributed by atoms with Crippen molar-refractivity contribution in [1.29, 1.82) is 0 Å². The number of alkyl halides is 1. The van der Waals surface area contributed by atoms with E-state index in [1.165, 1.54) is 0 Å². The van der Waals surface area contributed by atoms with E-state index in [1.807, 2.05) is 0 Å². The van der Waals surface area contributed by atoms with Crippen molar-refractivity contribution in [3.63, 3.8) is 0 Å². The first kappa shape index (κ1) is 12.1. The van der Waals surface area contributed by atoms with E-state index in [1.54, 1.807) is 18.2 Å². The molecule has 1 rings (SSSR count). The number of benzene rings is 1. The van der Waals surface area contributed by atoms with Gasteiger partial charge in [0, 0.05) is 10.5 Å². The molecule has 0 aliphatic heterocycles. The molecule has 0 aromatic heterocycles. The molecular weight excluding hydrogens is 265 g/mol. The average molecular weight is 276 g/mol. The minimum atomic E-state index is -0.951. The molecule has 0 aliphatic carbocycles. The smallest absolute Gasteiger partial charge is 0.305 e. The number of rotatable bonds is 4. The maximum absolute atomic E-state index is 12.4. The first-order valence-electron chi connectivity index (χ1n) is 4.36. The molecule has 0 spiro atoms. The van der Waals surface area contributed by atoms with E-state index >= 15 is 0 Å². The van der Waals surface area contributed by atoms with Crippen LogP contribution < -0.4 is 5.73 Å². The Morgan fingerprint density at radius 1 is 1.60 bits per heavy atom. The van der Waals surface area contributed by atoms with E-state index < -0.39 is 18.7 Å². The number of hydrogen-bond donors (Lipinski definition) is 2. The number of halogens is 2. The standard InChI is InChI=1S/C10H11BrFNO2/c11-8-3-6(1-2-7(8)5-12)9(13)4-10(14)15/h1-3,9H,4-5,13H2,(H,14,15). The molecule has 5 heteroatoms. The second-order valence-electron chi connectivity index (χ2n) is 3.19. The zero-order chi connectivity index (χ0) is 11.4. The Morgan fingerprint density at radius 2 is 2.27 bits per heavy atom. The predicted molar refractivity (Wildman–Crippen MR) is 58.1 cm³/mol. The summed E-state index contributed by atoms with van der Waals surface area (Å²) in [6.45, 7) is -0.560. The first-order valence-corrected chi connectivity index (χ1v) is 5.15. The molecule has 3 N–H and O–H groups in total. The number of carboxylic acids is 1. The fourth-order valence-corrected chi connectivity index (χ4v) is 1.71. The molecule has 0 amide bonds. The maximum Gasteiger partial charge on any atom is 0.305 e. The van der Waals surface area contributed by atoms with Crippen LogP contribution in [-0.2, 0) is 11.5 Å². The summed E-state index contributed by atoms with van der Waals surface area (Å²) in [6.07, 6.45) is -0.137. The quantitative estimate of drug-likeness (QED) is 0.887. The number of aliphatic carboxylic acids is 1. The van der Waals surface area contributed by atoms with E-state index in [-0.39, 0.29) is 6.42 Å². The molecule has 1 atom stereocenters. The van der Waals surface area contributed by atoms with Gasteiger partial charge in [-0.3, -0.25) is 4.79 Å². The first-order chi connectivity index (χ1) is 7.04. The molecule has 0 aliphatic rings. The van der Waals surface area contributed by atoms with Crippen molar-refractivity contribution in [1.82, 2.24) is 0 Å². The van der Waals surface area contributed by atoms with E-state index in [2.05, 4.69) is 15.9 Å². The highest BCUT2D eigenvalue weighted by Crippen LogP contribution is 2.23. The molecule has 1 unspecified atom stereocenters. The highest BCUT2D eigenvalue weighted by Gasteiger charge is 2.11. The molecule has 1 aromatic rings. The minimum Gasteiger partial charge on any atom is -0.481 e. The fraction of sp³-hybridized carbons (Fsp3) is 0.300. The lowest BCUT2D eigenvalue weighted by Gasteiger charge is -2.10. The van der Waals surface area contributed by atoms with E-state index in [4.69, 9.17) is 10.8 Å². The Bertz CT molecular complexity index is 370. The van der Waals surface area contributed by atoms with Gasteiger partial charge in [-0.2, -0.15) is 0 Å². The van der Waals surface area contributed by atoms with Crippen molar-refractivity contribution >= 4 is 21.9 Å². The monoisotopic (exact) mass is 275 g/mol. The lowest BCUT2D eigenvalue weighted by Crippen LogP contribution is -2.15. The third-order valence-electron chi connectivity index (χ3n) is 2.04. The molecule has 0 bridgehead atoms. The van der Waals surface area contributed by atoms with Crippen LogP contribution in [-0.4, -0.2) is 11.1 Å². The third-order valence-corrected chi connectivity index (χ3v) is 2.78. The van der Waals surface area contributed by atoms with Crippen LogP contribution in [0.5, 0.6) is 0 Å². The topological polar surface area (TPSA) is 63.3 Å². The largest absolute Gasteiger partial charge is 0.481 e. The second-order valence-corrected chi connectivity index (χ2v) is 4.04. The Kier molecular flexibility index (Phi) is 4.23. The lowest BCUT2D eigenvalue weighted by molar-refractivity contribution is -0.137. The van der Waals surface area contributed by atoms with Crippen LogP contribution in [0, 0.1) is 0 Å². The Morgan fingerprint density at radius 3 is 2.73 bits per heavy atom. The highest BCUT2D eigenvalue weighted by molar-refractivity contribution is 9.10. The SMILES string of the molecule is NC(CC(=O)O)c1ccc(CF)c(Br)c1. The van der Waals surface area contributed by atoms with Crippen LogP contribution in [0.25, 0.3) is 0 Å². The van der Waals surface area contributed by atoms with E-state index in [0.717, 1.165) is 0 Å². The zero-order valence-corrected chi connectivity index (χ0v) is 9.50. The summed E-state index contributed by atoms with van der Waals surface area (Å²) in [5.74, 6) is -0.951. The number of carboxylic acid groups (broad SMARTS) is 1. The van der Waals surface area contributed by atoms with Gasteiger partial charge in [-0.15, -0.1) is 0 Å². The highest BCUT2D eigenvalue weighted by atomic mass is 79.9. The van der Waals surface area contributed by atoms with Crippen molar-refractivity contribution in [2.75, 3.05) is 0 Å². The molecule has 0 radical (unpaired) electrons. The van der Waals surface area contributed by atoms with Crippen LogP contribution in [0.3, 0.4) is 0 Å². The van der Waals surface area contributed by atoms with Crippen molar-refractivity contribution in [3.05, 3.63) is 33.8 Å². The van der Waals surface area contributed by atoms with E-state index in [9.17, 15) is 9.18 Å². The fourth-order valence-electron chi connectivity index (χ4n) is 1.21. The van der Waals surface area contributed by atoms with Crippen molar-refractivity contribution in [2.24, 2.45) is 5.73 Å². The minimum absolute atomic E-state index is 0.137. The van der Waals surface area contributed by atoms with Crippen molar-refractivity contribution in [3.8, 4) is 0 Å². The summed E-state index contributed by atoms with van der Waals surface area (Å²) in [5.41, 5.74) is 6.87. The number of nitrogens with two attached hydrogens (primary N) is 1. The Labute approximate surface area is 95.2 Å². The summed E-state index contributed by atoms with van der Waals surface area (Å²) in [7, 11) is 0. The van der Waals surface area contributed by atoms with Gasteiger partial charge in [-0.25, -0.2) is 4.39 Å². The summed E-state index contributed by atoms with van der Waals surface area (Å²) in [5, 5.41) is 8.56. The molecule has 0 fully saturated rings. The predicted octanol–water partition coefficient (Wildman–Crippen LogP) is 2.39. The van der Waals surface area contributed by atoms with Crippen LogP contribution in [0.15, 0.2) is 22.7 Å². The molecular formula is C10H11BrFNO2. The molecule has 82 valence electrons. The van der Waals surface area contributed by atoms with Gasteiger partial charge < -0.3 is 10.8 Å². The maximum atomic E-state index is 12.4. The molecule has 3 nitrogen and oxygen atoms in total. The van der Waals surface area contributed by atoms with Gasteiger partial charge in [0.15, 0.2) is 0 Å². The molecule has 1 aromatic carbocycles. The second kappa shape index (κ2) is 5.23. The summed E-state index contributed by atoms with van der Waals surface area (Å²) >= 11 is 3.20. The summed E-state index contributed by atoms with van der Waals surface area (Å²) in [4.78, 5) is 10.4. The lowest BCUT2D eigenvalue weighted by atomic mass is 10.0. The van der Waals surface area contributed by atoms with Crippen LogP contribution in [0.2, 0.25) is 0 Å². The summed E-state index contributed by atoms with van der Waals surface area (Å²) < 4.78 is 13.0. The third kappa shape index (κ3) is 3.28. The molecule has 0 saturated heterocycles. The zero-order valence-electron chi connectivity index (χ0n) is 7.91. The van der Waals surface area contributed by atoms with E-state index in [0.29, 0.717) is 15.6 Å². The summed E-state index contributed by atoms with van der Waals surface area (Å²) in [6, 6.07) is 4.34. The molecule has 0 heterocycles. The van der Waals surface area contributed by atoms with Crippen LogP contribution in [0.4, 0.5) is 4.39 Å². The number of carbonyl (C=O) groups is 1. The Hall–Kier alpha value is -0.940. The van der Waals surface area contributed by atoms with Gasteiger partial charge in [-0.05, 0) is 17.2 Å². The van der Waals surface area contributed by atoms with Gasteiger partial charge in [0.05, 0.1) is 6.42 Å². The normalized spacial score (nSPS) is 12.5. The Balaban J connectivity index is 2.87. The van der Waals surface area contributed by atoms with Crippen molar-refractivity contribution in [2.45, 2.75) is 19.1 Å². The van der Waals surface area contributed by atoms with Gasteiger partial charge in [0.2, 0.25) is 0 Å². The van der Waals surface area contributed by atoms with Gasteiger partial charge in [-0.1, -0.05) is 28.1 Å². The van der Waals surface area contributed by atoms with Crippen LogP contribution in [0.1, 0.15) is 23.6 Å². The van der Waals surface area contributed by atoms with Crippen LogP contribution >= 0.6 is 15.9 Å². The number of hydrogen-bond acceptors (Lipinski definition) is 2. The molecule has 0 saturated carbocycles. The van der Waals surface area contributed by atoms with Gasteiger partial charge in [0.25, 0.3) is 0 Å². The van der Waals surface area contributed by atoms with Crippen molar-refractivity contribution < 1.29 is 14.3 Å².